The predicted molar refractivity (Wildman–Crippen MR) is 69.4 cm³/mol. The highest BCUT2D eigenvalue weighted by Gasteiger charge is 2.18. The maximum absolute atomic E-state index is 6.39. The van der Waals surface area contributed by atoms with Crippen molar-refractivity contribution < 1.29 is 4.74 Å². The van der Waals surface area contributed by atoms with Crippen LogP contribution >= 0.6 is 24.2 Å². The molecule has 0 aromatic heterocycles. The van der Waals surface area contributed by atoms with Gasteiger partial charge in [-0.3, -0.25) is 4.90 Å². The van der Waals surface area contributed by atoms with Crippen LogP contribution in [0.2, 0.25) is 0 Å². The van der Waals surface area contributed by atoms with Crippen molar-refractivity contribution in [3.8, 4) is 0 Å². The zero-order valence-corrected chi connectivity index (χ0v) is 10.8. The summed E-state index contributed by atoms with van der Waals surface area (Å²) < 4.78 is 5.31. The van der Waals surface area contributed by atoms with E-state index in [2.05, 4.69) is 29.7 Å². The molecule has 1 aromatic rings. The molecule has 0 spiro atoms. The molecule has 4 heteroatoms. The van der Waals surface area contributed by atoms with E-state index in [0.29, 0.717) is 0 Å². The van der Waals surface area contributed by atoms with Crippen molar-refractivity contribution in [2.45, 2.75) is 16.8 Å². The van der Waals surface area contributed by atoms with Gasteiger partial charge >= 0.3 is 0 Å². The summed E-state index contributed by atoms with van der Waals surface area (Å²) in [5.74, 6) is 0. The number of morpholine rings is 1. The SMILES string of the molecule is Sc1ccc(CC(Cl)N2CCOCC2)cc1. The maximum atomic E-state index is 6.39. The van der Waals surface area contributed by atoms with Gasteiger partial charge in [0.1, 0.15) is 0 Å². The number of halogens is 1. The Balaban J connectivity index is 1.90. The smallest absolute Gasteiger partial charge is 0.0892 e. The summed E-state index contributed by atoms with van der Waals surface area (Å²) in [7, 11) is 0. The monoisotopic (exact) mass is 257 g/mol. The van der Waals surface area contributed by atoms with Crippen LogP contribution in [0, 0.1) is 0 Å². The minimum Gasteiger partial charge on any atom is -0.379 e. The first-order chi connectivity index (χ1) is 7.75. The highest BCUT2D eigenvalue weighted by Crippen LogP contribution is 2.15. The third-order valence-electron chi connectivity index (χ3n) is 2.78. The second kappa shape index (κ2) is 5.92. The van der Waals surface area contributed by atoms with Crippen LogP contribution in [0.5, 0.6) is 0 Å². The van der Waals surface area contributed by atoms with Crippen LogP contribution in [0.4, 0.5) is 0 Å². The Morgan fingerprint density at radius 3 is 2.50 bits per heavy atom. The summed E-state index contributed by atoms with van der Waals surface area (Å²) in [6, 6.07) is 8.17. The van der Waals surface area contributed by atoms with Crippen LogP contribution < -0.4 is 0 Å². The fourth-order valence-corrected chi connectivity index (χ4v) is 2.34. The van der Waals surface area contributed by atoms with Gasteiger partial charge in [-0.25, -0.2) is 0 Å². The fourth-order valence-electron chi connectivity index (χ4n) is 1.81. The van der Waals surface area contributed by atoms with Crippen molar-refractivity contribution in [2.24, 2.45) is 0 Å². The van der Waals surface area contributed by atoms with Crippen molar-refractivity contribution in [3.05, 3.63) is 29.8 Å². The van der Waals surface area contributed by atoms with E-state index < -0.39 is 0 Å². The molecule has 1 heterocycles. The molecule has 0 amide bonds. The molecule has 88 valence electrons. The van der Waals surface area contributed by atoms with Crippen molar-refractivity contribution in [1.29, 1.82) is 0 Å². The molecular formula is C12H16ClNOS. The highest BCUT2D eigenvalue weighted by molar-refractivity contribution is 7.80. The number of thiol groups is 1. The van der Waals surface area contributed by atoms with Crippen molar-refractivity contribution in [1.82, 2.24) is 4.90 Å². The Bertz CT molecular complexity index is 324. The van der Waals surface area contributed by atoms with Crippen molar-refractivity contribution in [3.63, 3.8) is 0 Å². The Kier molecular flexibility index (Phi) is 4.53. The maximum Gasteiger partial charge on any atom is 0.0892 e. The van der Waals surface area contributed by atoms with E-state index in [1.807, 2.05) is 12.1 Å². The molecule has 2 nitrogen and oxygen atoms in total. The summed E-state index contributed by atoms with van der Waals surface area (Å²) in [6.07, 6.45) is 0.871. The van der Waals surface area contributed by atoms with E-state index in [0.717, 1.165) is 37.6 Å². The van der Waals surface area contributed by atoms with Crippen LogP contribution in [-0.4, -0.2) is 36.7 Å². The molecule has 1 saturated heterocycles. The van der Waals surface area contributed by atoms with Crippen LogP contribution in [0.25, 0.3) is 0 Å². The van der Waals surface area contributed by atoms with E-state index in [4.69, 9.17) is 16.3 Å². The molecule has 1 aliphatic rings. The lowest BCUT2D eigenvalue weighted by molar-refractivity contribution is 0.0314. The molecule has 1 aromatic carbocycles. The predicted octanol–water partition coefficient (Wildman–Crippen LogP) is 2.41. The van der Waals surface area contributed by atoms with E-state index in [-0.39, 0.29) is 5.50 Å². The minimum absolute atomic E-state index is 0.0645. The van der Waals surface area contributed by atoms with Gasteiger partial charge in [0, 0.05) is 24.4 Å². The van der Waals surface area contributed by atoms with Gasteiger partial charge in [-0.2, -0.15) is 0 Å². The largest absolute Gasteiger partial charge is 0.379 e. The van der Waals surface area contributed by atoms with Gasteiger partial charge in [0.05, 0.1) is 18.7 Å². The van der Waals surface area contributed by atoms with Crippen LogP contribution in [0.3, 0.4) is 0 Å². The molecular weight excluding hydrogens is 242 g/mol. The number of nitrogens with zero attached hydrogens (tertiary/aromatic N) is 1. The third kappa shape index (κ3) is 3.39. The summed E-state index contributed by atoms with van der Waals surface area (Å²) in [4.78, 5) is 3.25. The molecule has 1 fully saturated rings. The molecule has 0 saturated carbocycles. The first-order valence-corrected chi connectivity index (χ1v) is 6.38. The Labute approximate surface area is 107 Å². The van der Waals surface area contributed by atoms with E-state index in [9.17, 15) is 0 Å². The molecule has 16 heavy (non-hydrogen) atoms. The Hall–Kier alpha value is -0.220. The first kappa shape index (κ1) is 12.2. The Morgan fingerprint density at radius 2 is 1.88 bits per heavy atom. The second-order valence-electron chi connectivity index (χ2n) is 3.95. The lowest BCUT2D eigenvalue weighted by Crippen LogP contribution is -2.41. The van der Waals surface area contributed by atoms with Gasteiger partial charge in [0.25, 0.3) is 0 Å². The van der Waals surface area contributed by atoms with Gasteiger partial charge in [-0.05, 0) is 17.7 Å². The van der Waals surface area contributed by atoms with Gasteiger partial charge in [0.15, 0.2) is 0 Å². The molecule has 0 bridgehead atoms. The topological polar surface area (TPSA) is 12.5 Å². The van der Waals surface area contributed by atoms with Gasteiger partial charge in [-0.15, -0.1) is 24.2 Å². The van der Waals surface area contributed by atoms with Crippen LogP contribution in [0.15, 0.2) is 29.2 Å². The summed E-state index contributed by atoms with van der Waals surface area (Å²) in [6.45, 7) is 3.44. The first-order valence-electron chi connectivity index (χ1n) is 5.49. The Morgan fingerprint density at radius 1 is 1.25 bits per heavy atom. The van der Waals surface area contributed by atoms with Crippen LogP contribution in [-0.2, 0) is 11.2 Å². The average molecular weight is 258 g/mol. The van der Waals surface area contributed by atoms with Crippen LogP contribution in [0.1, 0.15) is 5.56 Å². The molecule has 0 N–H and O–H groups in total. The number of hydrogen-bond acceptors (Lipinski definition) is 3. The van der Waals surface area contributed by atoms with Gasteiger partial charge < -0.3 is 4.74 Å². The number of alkyl halides is 1. The number of rotatable bonds is 3. The number of ether oxygens (including phenoxy) is 1. The highest BCUT2D eigenvalue weighted by atomic mass is 35.5. The third-order valence-corrected chi connectivity index (χ3v) is 3.51. The van der Waals surface area contributed by atoms with E-state index in [1.165, 1.54) is 5.56 Å². The normalized spacial score (nSPS) is 19.6. The summed E-state index contributed by atoms with van der Waals surface area (Å²) >= 11 is 10.6. The fraction of sp³-hybridized carbons (Fsp3) is 0.500. The standard InChI is InChI=1S/C12H16ClNOS/c13-12(14-5-7-15-8-6-14)9-10-1-3-11(16)4-2-10/h1-4,12,16H,5-9H2. The summed E-state index contributed by atoms with van der Waals surface area (Å²) in [5.41, 5.74) is 1.32. The quantitative estimate of drug-likeness (QED) is 0.507. The molecule has 1 atom stereocenters. The lowest BCUT2D eigenvalue weighted by Gasteiger charge is -2.30. The molecule has 2 rings (SSSR count). The van der Waals surface area contributed by atoms with E-state index >= 15 is 0 Å². The number of hydrogen-bond donors (Lipinski definition) is 1. The lowest BCUT2D eigenvalue weighted by atomic mass is 10.1. The minimum atomic E-state index is 0.0645. The van der Waals surface area contributed by atoms with Crippen molar-refractivity contribution >= 4 is 24.2 Å². The average Bonchev–Trinajstić information content (AvgIpc) is 2.33. The molecule has 1 unspecified atom stereocenters. The second-order valence-corrected chi connectivity index (χ2v) is 4.97. The van der Waals surface area contributed by atoms with Gasteiger partial charge in [-0.1, -0.05) is 12.1 Å². The molecule has 0 aliphatic carbocycles. The zero-order valence-electron chi connectivity index (χ0n) is 9.10. The van der Waals surface area contributed by atoms with Gasteiger partial charge in [0.2, 0.25) is 0 Å². The van der Waals surface area contributed by atoms with E-state index in [1.54, 1.807) is 0 Å². The number of benzene rings is 1. The molecule has 1 aliphatic heterocycles. The summed E-state index contributed by atoms with van der Waals surface area (Å²) in [5, 5.41) is 0. The molecule has 0 radical (unpaired) electrons. The van der Waals surface area contributed by atoms with Crippen molar-refractivity contribution in [2.75, 3.05) is 26.3 Å². The zero-order chi connectivity index (χ0) is 11.4.